The molecule has 7 atom stereocenters. The highest BCUT2D eigenvalue weighted by Crippen LogP contribution is 2.83. The van der Waals surface area contributed by atoms with Gasteiger partial charge >= 0.3 is 0 Å². The van der Waals surface area contributed by atoms with E-state index < -0.39 is 5.60 Å². The fourth-order valence-corrected chi connectivity index (χ4v) is 8.97. The van der Waals surface area contributed by atoms with Crippen LogP contribution in [-0.4, -0.2) is 31.5 Å². The number of rotatable bonds is 3. The molecule has 5 heteroatoms. The van der Waals surface area contributed by atoms with E-state index in [9.17, 15) is 9.90 Å². The van der Waals surface area contributed by atoms with Gasteiger partial charge in [-0.25, -0.2) is 4.68 Å². The Balaban J connectivity index is 1.24. The number of allylic oxidation sites excluding steroid dienone is 2. The minimum Gasteiger partial charge on any atom is -0.390 e. The lowest BCUT2D eigenvalue weighted by molar-refractivity contribution is -0.120. The van der Waals surface area contributed by atoms with E-state index in [-0.39, 0.29) is 11.2 Å². The number of aliphatic hydroxyl groups is 1. The van der Waals surface area contributed by atoms with Gasteiger partial charge in [0.15, 0.2) is 5.78 Å². The average molecular weight is 396 g/mol. The van der Waals surface area contributed by atoms with Crippen LogP contribution in [-0.2, 0) is 11.3 Å². The van der Waals surface area contributed by atoms with Gasteiger partial charge in [-0.15, -0.1) is 5.10 Å². The lowest BCUT2D eigenvalue weighted by Crippen LogP contribution is -2.50. The van der Waals surface area contributed by atoms with Crippen LogP contribution in [0.15, 0.2) is 24.0 Å². The second-order valence-electron chi connectivity index (χ2n) is 11.5. The van der Waals surface area contributed by atoms with Crippen LogP contribution in [0.1, 0.15) is 71.6 Å². The number of ketones is 1. The standard InChI is InChI=1S/C24H33N3O2/c1-21(29)9-10-24-15-23(24,14-21)8-5-16-17-3-4-19(22(17,2)7-6-18(16)24)20(28)13-27-12-11-25-26-27/h4,11-12,16-18,29H,3,5-10,13-15H2,1-2H3/t16-,17-,18-,21+,22-,23+,24-/m0/s1. The molecule has 1 aromatic heterocycles. The molecule has 0 bridgehead atoms. The number of carbonyl (C=O) groups is 1. The highest BCUT2D eigenvalue weighted by atomic mass is 16.3. The van der Waals surface area contributed by atoms with E-state index >= 15 is 0 Å². The van der Waals surface area contributed by atoms with E-state index in [1.165, 1.54) is 32.1 Å². The molecule has 1 N–H and O–H groups in total. The maximum Gasteiger partial charge on any atom is 0.180 e. The van der Waals surface area contributed by atoms with Gasteiger partial charge in [-0.3, -0.25) is 4.79 Å². The summed E-state index contributed by atoms with van der Waals surface area (Å²) in [6, 6.07) is 0. The molecule has 5 aliphatic carbocycles. The summed E-state index contributed by atoms with van der Waals surface area (Å²) in [4.78, 5) is 13.1. The molecule has 4 saturated carbocycles. The second kappa shape index (κ2) is 5.60. The first-order valence-electron chi connectivity index (χ1n) is 11.6. The molecule has 0 spiro atoms. The van der Waals surface area contributed by atoms with E-state index in [1.54, 1.807) is 17.1 Å². The van der Waals surface area contributed by atoms with Crippen molar-refractivity contribution in [2.45, 2.75) is 83.8 Å². The van der Waals surface area contributed by atoms with Crippen LogP contribution < -0.4 is 0 Å². The van der Waals surface area contributed by atoms with Crippen LogP contribution in [0.5, 0.6) is 0 Å². The zero-order chi connectivity index (χ0) is 20.1. The summed E-state index contributed by atoms with van der Waals surface area (Å²) < 4.78 is 1.65. The molecule has 0 aliphatic heterocycles. The molecule has 0 unspecified atom stereocenters. The maximum atomic E-state index is 13.1. The number of hydrogen-bond acceptors (Lipinski definition) is 4. The van der Waals surface area contributed by atoms with Crippen molar-refractivity contribution in [3.8, 4) is 0 Å². The number of hydrogen-bond donors (Lipinski definition) is 1. The molecule has 0 saturated heterocycles. The topological polar surface area (TPSA) is 68.0 Å². The summed E-state index contributed by atoms with van der Waals surface area (Å²) in [6.45, 7) is 4.73. The fraction of sp³-hybridized carbons (Fsp3) is 0.792. The van der Waals surface area contributed by atoms with E-state index in [2.05, 4.69) is 30.2 Å². The van der Waals surface area contributed by atoms with Gasteiger partial charge < -0.3 is 5.11 Å². The zero-order valence-corrected chi connectivity index (χ0v) is 17.7. The molecule has 5 aliphatic rings. The normalized spacial score (nSPS) is 50.0. The molecule has 0 aromatic carbocycles. The van der Waals surface area contributed by atoms with Crippen LogP contribution >= 0.6 is 0 Å². The lowest BCUT2D eigenvalue weighted by atomic mass is 9.49. The molecular weight excluding hydrogens is 362 g/mol. The van der Waals surface area contributed by atoms with E-state index in [0.717, 1.165) is 43.1 Å². The van der Waals surface area contributed by atoms with Gasteiger partial charge in [-0.2, -0.15) is 0 Å². The Hall–Kier alpha value is -1.49. The summed E-state index contributed by atoms with van der Waals surface area (Å²) in [7, 11) is 0. The average Bonchev–Trinajstić information content (AvgIpc) is 2.94. The number of fused-ring (bicyclic) bond motifs is 3. The van der Waals surface area contributed by atoms with Crippen molar-refractivity contribution >= 4 is 5.78 Å². The highest BCUT2D eigenvalue weighted by molar-refractivity contribution is 5.97. The van der Waals surface area contributed by atoms with Gasteiger partial charge in [0.1, 0.15) is 6.54 Å². The van der Waals surface area contributed by atoms with Crippen LogP contribution in [0.3, 0.4) is 0 Å². The summed E-state index contributed by atoms with van der Waals surface area (Å²) in [6.07, 6.45) is 16.3. The van der Waals surface area contributed by atoms with Gasteiger partial charge in [0, 0.05) is 6.20 Å². The summed E-state index contributed by atoms with van der Waals surface area (Å²) >= 11 is 0. The third-order valence-corrected chi connectivity index (χ3v) is 10.2. The zero-order valence-electron chi connectivity index (χ0n) is 17.7. The van der Waals surface area contributed by atoms with Crippen LogP contribution in [0.4, 0.5) is 0 Å². The lowest BCUT2D eigenvalue weighted by Gasteiger charge is -2.56. The Morgan fingerprint density at radius 1 is 1.17 bits per heavy atom. The van der Waals surface area contributed by atoms with Gasteiger partial charge in [0.2, 0.25) is 0 Å². The number of nitrogens with zero attached hydrogens (tertiary/aromatic N) is 3. The largest absolute Gasteiger partial charge is 0.390 e. The quantitative estimate of drug-likeness (QED) is 0.842. The molecule has 6 rings (SSSR count). The van der Waals surface area contributed by atoms with E-state index in [1.807, 2.05) is 0 Å². The van der Waals surface area contributed by atoms with Crippen molar-refractivity contribution < 1.29 is 9.90 Å². The predicted octanol–water partition coefficient (Wildman–Crippen LogP) is 3.93. The SMILES string of the molecule is C[C@@]1(O)CC[C@@]23C[C@@]2(CC[C@@H]2[C@@H]3CC[C@]3(C)C(C(=O)Cn4ccnn4)=CC[C@@H]23)C1. The van der Waals surface area contributed by atoms with Crippen LogP contribution in [0.2, 0.25) is 0 Å². The van der Waals surface area contributed by atoms with Gasteiger partial charge in [0.05, 0.1) is 11.8 Å². The summed E-state index contributed by atoms with van der Waals surface area (Å²) in [5, 5.41) is 18.6. The molecule has 0 radical (unpaired) electrons. The first-order chi connectivity index (χ1) is 13.8. The Morgan fingerprint density at radius 3 is 2.83 bits per heavy atom. The molecule has 4 fully saturated rings. The highest BCUT2D eigenvalue weighted by Gasteiger charge is 2.76. The van der Waals surface area contributed by atoms with E-state index in [4.69, 9.17) is 0 Å². The monoisotopic (exact) mass is 395 g/mol. The van der Waals surface area contributed by atoms with Crippen LogP contribution in [0.25, 0.3) is 0 Å². The smallest absolute Gasteiger partial charge is 0.180 e. The fourth-order valence-electron chi connectivity index (χ4n) is 8.97. The van der Waals surface area contributed by atoms with Crippen molar-refractivity contribution in [1.29, 1.82) is 0 Å². The van der Waals surface area contributed by atoms with Gasteiger partial charge in [0.25, 0.3) is 0 Å². The molecule has 1 heterocycles. The number of Topliss-reactive ketones (excluding diaryl/α,β-unsaturated/α-hetero) is 1. The van der Waals surface area contributed by atoms with Gasteiger partial charge in [-0.1, -0.05) is 18.2 Å². The molecule has 29 heavy (non-hydrogen) atoms. The Kier molecular flexibility index (Phi) is 3.53. The third-order valence-electron chi connectivity index (χ3n) is 10.2. The second-order valence-corrected chi connectivity index (χ2v) is 11.5. The molecule has 1 aromatic rings. The minimum atomic E-state index is -0.453. The summed E-state index contributed by atoms with van der Waals surface area (Å²) in [5.41, 5.74) is 1.58. The summed E-state index contributed by atoms with van der Waals surface area (Å²) in [5.74, 6) is 2.40. The van der Waals surface area contributed by atoms with Crippen molar-refractivity contribution in [2.24, 2.45) is 34.0 Å². The Labute approximate surface area is 172 Å². The first kappa shape index (κ1) is 18.3. The third kappa shape index (κ3) is 2.34. The first-order valence-corrected chi connectivity index (χ1v) is 11.6. The van der Waals surface area contributed by atoms with E-state index in [0.29, 0.717) is 23.3 Å². The van der Waals surface area contributed by atoms with Crippen LogP contribution in [0, 0.1) is 34.0 Å². The molecule has 156 valence electrons. The molecular formula is C24H33N3O2. The maximum absolute atomic E-state index is 13.1. The van der Waals surface area contributed by atoms with Crippen molar-refractivity contribution in [2.75, 3.05) is 0 Å². The predicted molar refractivity (Wildman–Crippen MR) is 109 cm³/mol. The Morgan fingerprint density at radius 2 is 2.03 bits per heavy atom. The molecule has 5 nitrogen and oxygen atoms in total. The van der Waals surface area contributed by atoms with Crippen molar-refractivity contribution in [3.05, 3.63) is 24.0 Å². The number of aromatic nitrogens is 3. The Bertz CT molecular complexity index is 890. The van der Waals surface area contributed by atoms with Gasteiger partial charge in [-0.05, 0) is 104 Å². The number of carbonyl (C=O) groups excluding carboxylic acids is 1. The van der Waals surface area contributed by atoms with Crippen molar-refractivity contribution in [1.82, 2.24) is 15.0 Å². The minimum absolute atomic E-state index is 0.0323. The van der Waals surface area contributed by atoms with Crippen molar-refractivity contribution in [3.63, 3.8) is 0 Å². The molecule has 0 amide bonds.